The zero-order valence-electron chi connectivity index (χ0n) is 12.3. The van der Waals surface area contributed by atoms with Gasteiger partial charge in [-0.15, -0.1) is 0 Å². The first-order valence-electron chi connectivity index (χ1n) is 7.16. The molecule has 116 valence electrons. The fourth-order valence-electron chi connectivity index (χ4n) is 2.21. The van der Waals surface area contributed by atoms with E-state index in [0.717, 1.165) is 5.56 Å². The molecule has 0 aliphatic rings. The second kappa shape index (κ2) is 6.83. The van der Waals surface area contributed by atoms with Crippen molar-refractivity contribution in [3.8, 4) is 0 Å². The fraction of sp³-hybridized carbons (Fsp3) is 0.118. The Hall–Kier alpha value is -3.02. The Bertz CT molecular complexity index is 801. The number of benzene rings is 1. The SMILES string of the molecule is O=C(Cc1cccc(F)c1)Nc1ccn(Cc2ccncc2)n1. The molecule has 3 rings (SSSR count). The minimum atomic E-state index is -0.350. The van der Waals surface area contributed by atoms with Crippen molar-refractivity contribution in [2.24, 2.45) is 0 Å². The molecule has 0 aliphatic heterocycles. The normalized spacial score (nSPS) is 10.5. The first-order chi connectivity index (χ1) is 11.2. The highest BCUT2D eigenvalue weighted by molar-refractivity contribution is 5.91. The molecule has 3 aromatic rings. The third kappa shape index (κ3) is 4.23. The maximum atomic E-state index is 13.1. The van der Waals surface area contributed by atoms with Crippen LogP contribution in [0, 0.1) is 5.82 Å². The summed E-state index contributed by atoms with van der Waals surface area (Å²) in [7, 11) is 0. The van der Waals surface area contributed by atoms with Crippen LogP contribution in [-0.2, 0) is 17.8 Å². The van der Waals surface area contributed by atoms with E-state index in [0.29, 0.717) is 17.9 Å². The van der Waals surface area contributed by atoms with Gasteiger partial charge in [0.1, 0.15) is 5.82 Å². The van der Waals surface area contributed by atoms with Gasteiger partial charge < -0.3 is 5.32 Å². The van der Waals surface area contributed by atoms with Crippen LogP contribution in [0.1, 0.15) is 11.1 Å². The maximum Gasteiger partial charge on any atom is 0.229 e. The second-order valence-corrected chi connectivity index (χ2v) is 5.11. The number of aromatic nitrogens is 3. The molecule has 0 radical (unpaired) electrons. The Morgan fingerprint density at radius 3 is 2.74 bits per heavy atom. The molecule has 0 saturated heterocycles. The van der Waals surface area contributed by atoms with Gasteiger partial charge in [0, 0.05) is 24.7 Å². The molecule has 0 fully saturated rings. The molecule has 0 saturated carbocycles. The number of halogens is 1. The van der Waals surface area contributed by atoms with Gasteiger partial charge in [0.25, 0.3) is 0 Å². The number of hydrogen-bond acceptors (Lipinski definition) is 3. The van der Waals surface area contributed by atoms with Crippen LogP contribution in [0.2, 0.25) is 0 Å². The van der Waals surface area contributed by atoms with Gasteiger partial charge in [0.15, 0.2) is 5.82 Å². The van der Waals surface area contributed by atoms with Crippen molar-refractivity contribution in [3.05, 3.63) is 78.0 Å². The molecule has 6 heteroatoms. The highest BCUT2D eigenvalue weighted by Crippen LogP contribution is 2.08. The zero-order chi connectivity index (χ0) is 16.1. The summed E-state index contributed by atoms with van der Waals surface area (Å²) in [6.07, 6.45) is 5.34. The predicted molar refractivity (Wildman–Crippen MR) is 84.3 cm³/mol. The molecule has 0 spiro atoms. The van der Waals surface area contributed by atoms with Gasteiger partial charge in [-0.25, -0.2) is 4.39 Å². The van der Waals surface area contributed by atoms with Crippen molar-refractivity contribution in [1.82, 2.24) is 14.8 Å². The number of nitrogens with one attached hydrogen (secondary N) is 1. The van der Waals surface area contributed by atoms with Gasteiger partial charge in [-0.2, -0.15) is 5.10 Å². The number of carbonyl (C=O) groups excluding carboxylic acids is 1. The van der Waals surface area contributed by atoms with Crippen molar-refractivity contribution in [3.63, 3.8) is 0 Å². The van der Waals surface area contributed by atoms with E-state index in [1.807, 2.05) is 12.1 Å². The number of carbonyl (C=O) groups is 1. The fourth-order valence-corrected chi connectivity index (χ4v) is 2.21. The van der Waals surface area contributed by atoms with E-state index >= 15 is 0 Å². The van der Waals surface area contributed by atoms with Gasteiger partial charge in [0.05, 0.1) is 13.0 Å². The maximum absolute atomic E-state index is 13.1. The standard InChI is InChI=1S/C17H15FN4O/c18-15-3-1-2-14(10-15)11-17(23)20-16-6-9-22(21-16)12-13-4-7-19-8-5-13/h1-10H,11-12H2,(H,20,21,23). The number of nitrogens with zero attached hydrogens (tertiary/aromatic N) is 3. The quantitative estimate of drug-likeness (QED) is 0.788. The highest BCUT2D eigenvalue weighted by Gasteiger charge is 2.07. The molecule has 23 heavy (non-hydrogen) atoms. The van der Waals surface area contributed by atoms with E-state index in [9.17, 15) is 9.18 Å². The Kier molecular flexibility index (Phi) is 4.42. The van der Waals surface area contributed by atoms with Crippen LogP contribution >= 0.6 is 0 Å². The van der Waals surface area contributed by atoms with Crippen molar-refractivity contribution < 1.29 is 9.18 Å². The van der Waals surface area contributed by atoms with Gasteiger partial charge >= 0.3 is 0 Å². The zero-order valence-corrected chi connectivity index (χ0v) is 12.3. The molecule has 2 aromatic heterocycles. The number of rotatable bonds is 5. The number of hydrogen-bond donors (Lipinski definition) is 1. The lowest BCUT2D eigenvalue weighted by atomic mass is 10.1. The molecule has 2 heterocycles. The summed E-state index contributed by atoms with van der Waals surface area (Å²) in [4.78, 5) is 15.9. The van der Waals surface area contributed by atoms with E-state index < -0.39 is 0 Å². The lowest BCUT2D eigenvalue weighted by molar-refractivity contribution is -0.115. The molecule has 1 aromatic carbocycles. The monoisotopic (exact) mass is 310 g/mol. The Morgan fingerprint density at radius 2 is 1.96 bits per heavy atom. The second-order valence-electron chi connectivity index (χ2n) is 5.11. The lowest BCUT2D eigenvalue weighted by Gasteiger charge is -2.03. The minimum absolute atomic E-state index is 0.106. The summed E-state index contributed by atoms with van der Waals surface area (Å²) in [6.45, 7) is 0.599. The lowest BCUT2D eigenvalue weighted by Crippen LogP contribution is -2.15. The van der Waals surface area contributed by atoms with Crippen molar-refractivity contribution in [1.29, 1.82) is 0 Å². The number of amides is 1. The molecule has 1 amide bonds. The van der Waals surface area contributed by atoms with Crippen LogP contribution in [0.3, 0.4) is 0 Å². The van der Waals surface area contributed by atoms with Crippen molar-refractivity contribution in [2.75, 3.05) is 5.32 Å². The van der Waals surface area contributed by atoms with E-state index in [1.54, 1.807) is 41.5 Å². The van der Waals surface area contributed by atoms with Gasteiger partial charge in [0.2, 0.25) is 5.91 Å². The molecule has 0 aliphatic carbocycles. The summed E-state index contributed by atoms with van der Waals surface area (Å²) >= 11 is 0. The van der Waals surface area contributed by atoms with Crippen LogP contribution in [0.5, 0.6) is 0 Å². The molecule has 5 nitrogen and oxygen atoms in total. The molecule has 1 N–H and O–H groups in total. The van der Waals surface area contributed by atoms with E-state index in [2.05, 4.69) is 15.4 Å². The summed E-state index contributed by atoms with van der Waals surface area (Å²) in [5, 5.41) is 7.01. The summed E-state index contributed by atoms with van der Waals surface area (Å²) in [5.74, 6) is -0.109. The Balaban J connectivity index is 1.59. The van der Waals surface area contributed by atoms with Crippen molar-refractivity contribution in [2.45, 2.75) is 13.0 Å². The Morgan fingerprint density at radius 1 is 1.13 bits per heavy atom. The van der Waals surface area contributed by atoms with Gasteiger partial charge in [-0.1, -0.05) is 12.1 Å². The van der Waals surface area contributed by atoms with E-state index in [4.69, 9.17) is 0 Å². The largest absolute Gasteiger partial charge is 0.309 e. The average molecular weight is 310 g/mol. The van der Waals surface area contributed by atoms with Crippen LogP contribution < -0.4 is 5.32 Å². The topological polar surface area (TPSA) is 59.8 Å². The van der Waals surface area contributed by atoms with Crippen LogP contribution in [0.15, 0.2) is 61.1 Å². The third-order valence-corrected chi connectivity index (χ3v) is 3.26. The number of anilines is 1. The minimum Gasteiger partial charge on any atom is -0.309 e. The smallest absolute Gasteiger partial charge is 0.229 e. The first-order valence-corrected chi connectivity index (χ1v) is 7.16. The third-order valence-electron chi connectivity index (χ3n) is 3.26. The average Bonchev–Trinajstić information content (AvgIpc) is 2.95. The van der Waals surface area contributed by atoms with E-state index in [1.165, 1.54) is 12.1 Å². The number of pyridine rings is 1. The summed E-state index contributed by atoms with van der Waals surface area (Å²) in [5.41, 5.74) is 1.69. The van der Waals surface area contributed by atoms with Crippen LogP contribution in [-0.4, -0.2) is 20.7 Å². The van der Waals surface area contributed by atoms with Crippen molar-refractivity contribution >= 4 is 11.7 Å². The predicted octanol–water partition coefficient (Wildman–Crippen LogP) is 2.65. The Labute approximate surface area is 132 Å². The molecule has 0 unspecified atom stereocenters. The first kappa shape index (κ1) is 14.9. The van der Waals surface area contributed by atoms with Crippen LogP contribution in [0.25, 0.3) is 0 Å². The van der Waals surface area contributed by atoms with E-state index in [-0.39, 0.29) is 18.1 Å². The molecule has 0 atom stereocenters. The molecule has 0 bridgehead atoms. The highest BCUT2D eigenvalue weighted by atomic mass is 19.1. The van der Waals surface area contributed by atoms with Gasteiger partial charge in [-0.3, -0.25) is 14.5 Å². The van der Waals surface area contributed by atoms with Crippen LogP contribution in [0.4, 0.5) is 10.2 Å². The molecular formula is C17H15FN4O. The summed E-state index contributed by atoms with van der Waals surface area (Å²) in [6, 6.07) is 11.5. The summed E-state index contributed by atoms with van der Waals surface area (Å²) < 4.78 is 14.8. The van der Waals surface area contributed by atoms with Gasteiger partial charge in [-0.05, 0) is 35.4 Å². The molecular weight excluding hydrogens is 295 g/mol.